The highest BCUT2D eigenvalue weighted by molar-refractivity contribution is 7.99. The van der Waals surface area contributed by atoms with E-state index >= 15 is 0 Å². The van der Waals surface area contributed by atoms with Crippen LogP contribution in [0.5, 0.6) is 0 Å². The predicted molar refractivity (Wildman–Crippen MR) is 87.4 cm³/mol. The molecule has 5 nitrogen and oxygen atoms in total. The minimum absolute atomic E-state index is 0.318. The summed E-state index contributed by atoms with van der Waals surface area (Å²) in [6.45, 7) is 4.45. The zero-order chi connectivity index (χ0) is 15.2. The maximum Gasteiger partial charge on any atom is 0.191 e. The van der Waals surface area contributed by atoms with Gasteiger partial charge in [0, 0.05) is 18.4 Å². The lowest BCUT2D eigenvalue weighted by molar-refractivity contribution is 0.0225. The molecular formula is C16H27N3O2S. The highest BCUT2D eigenvalue weighted by Crippen LogP contribution is 2.32. The molecule has 1 aromatic rings. The molecule has 22 heavy (non-hydrogen) atoms. The van der Waals surface area contributed by atoms with E-state index in [0.717, 1.165) is 43.0 Å². The molecule has 1 saturated carbocycles. The number of thioether (sulfide) groups is 1. The fourth-order valence-corrected chi connectivity index (χ4v) is 4.29. The van der Waals surface area contributed by atoms with Gasteiger partial charge in [-0.25, -0.2) is 0 Å². The Hall–Kier alpha value is -0.590. The lowest BCUT2D eigenvalue weighted by Crippen LogP contribution is -2.16. The Balaban J connectivity index is 1.43. The van der Waals surface area contributed by atoms with E-state index in [0.29, 0.717) is 12.1 Å². The molecule has 0 radical (unpaired) electrons. The van der Waals surface area contributed by atoms with Crippen molar-refractivity contribution in [3.05, 3.63) is 5.82 Å². The fraction of sp³-hybridized carbons (Fsp3) is 0.875. The van der Waals surface area contributed by atoms with Crippen LogP contribution >= 0.6 is 11.8 Å². The van der Waals surface area contributed by atoms with Gasteiger partial charge in [-0.15, -0.1) is 10.2 Å². The molecule has 0 N–H and O–H groups in total. The molecule has 1 saturated heterocycles. The third-order valence-corrected chi connectivity index (χ3v) is 5.47. The molecule has 1 aromatic heterocycles. The summed E-state index contributed by atoms with van der Waals surface area (Å²) < 4.78 is 13.6. The maximum atomic E-state index is 5.73. The Bertz CT molecular complexity index is 454. The summed E-state index contributed by atoms with van der Waals surface area (Å²) in [5.41, 5.74) is 0. The summed E-state index contributed by atoms with van der Waals surface area (Å²) in [6.07, 6.45) is 9.20. The lowest BCUT2D eigenvalue weighted by atomic mass is 9.95. The van der Waals surface area contributed by atoms with Crippen molar-refractivity contribution >= 4 is 11.8 Å². The Morgan fingerprint density at radius 1 is 1.18 bits per heavy atom. The first-order valence-corrected chi connectivity index (χ1v) is 9.57. The average Bonchev–Trinajstić information content (AvgIpc) is 3.18. The minimum atomic E-state index is 0.318. The summed E-state index contributed by atoms with van der Waals surface area (Å²) in [7, 11) is 0. The van der Waals surface area contributed by atoms with Gasteiger partial charge in [-0.1, -0.05) is 31.0 Å². The number of rotatable bonds is 7. The van der Waals surface area contributed by atoms with Gasteiger partial charge < -0.3 is 14.0 Å². The van der Waals surface area contributed by atoms with Crippen LogP contribution < -0.4 is 0 Å². The van der Waals surface area contributed by atoms with Crippen molar-refractivity contribution in [2.24, 2.45) is 0 Å². The second-order valence-corrected chi connectivity index (χ2v) is 7.31. The second kappa shape index (κ2) is 8.31. The first kappa shape index (κ1) is 16.3. The SMILES string of the molecule is Cc1nnc(SCCOC[C@H]2CCCO2)n1C1CCCCC1. The van der Waals surface area contributed by atoms with E-state index in [1.807, 2.05) is 0 Å². The number of aryl methyl sites for hydroxylation is 1. The quantitative estimate of drug-likeness (QED) is 0.568. The van der Waals surface area contributed by atoms with Crippen LogP contribution in [0, 0.1) is 6.92 Å². The molecule has 3 rings (SSSR count). The molecule has 0 aromatic carbocycles. The maximum absolute atomic E-state index is 5.73. The van der Waals surface area contributed by atoms with Crippen LogP contribution in [0.3, 0.4) is 0 Å². The van der Waals surface area contributed by atoms with Crippen molar-refractivity contribution in [3.63, 3.8) is 0 Å². The molecule has 0 amide bonds. The molecule has 2 heterocycles. The van der Waals surface area contributed by atoms with Crippen LogP contribution in [-0.4, -0.2) is 46.4 Å². The van der Waals surface area contributed by atoms with Gasteiger partial charge in [0.05, 0.1) is 19.3 Å². The standard InChI is InChI=1S/C16H27N3O2S/c1-13-17-18-16(19(13)14-6-3-2-4-7-14)22-11-10-20-12-15-8-5-9-21-15/h14-15H,2-12H2,1H3/t15-/m1/s1. The Morgan fingerprint density at radius 3 is 2.82 bits per heavy atom. The summed E-state index contributed by atoms with van der Waals surface area (Å²) in [5, 5.41) is 9.71. The van der Waals surface area contributed by atoms with Crippen LogP contribution in [0.1, 0.15) is 56.8 Å². The van der Waals surface area contributed by atoms with E-state index in [1.54, 1.807) is 11.8 Å². The van der Waals surface area contributed by atoms with E-state index < -0.39 is 0 Å². The zero-order valence-electron chi connectivity index (χ0n) is 13.5. The monoisotopic (exact) mass is 325 g/mol. The van der Waals surface area contributed by atoms with Crippen molar-refractivity contribution < 1.29 is 9.47 Å². The highest BCUT2D eigenvalue weighted by atomic mass is 32.2. The summed E-state index contributed by atoms with van der Waals surface area (Å²) in [4.78, 5) is 0. The van der Waals surface area contributed by atoms with E-state index in [1.165, 1.54) is 38.5 Å². The smallest absolute Gasteiger partial charge is 0.191 e. The predicted octanol–water partition coefficient (Wildman–Crippen LogP) is 3.38. The van der Waals surface area contributed by atoms with E-state index in [2.05, 4.69) is 21.7 Å². The van der Waals surface area contributed by atoms with Crippen molar-refractivity contribution in [2.45, 2.75) is 69.2 Å². The molecule has 0 spiro atoms. The summed E-state index contributed by atoms with van der Waals surface area (Å²) in [6, 6.07) is 0.596. The molecule has 124 valence electrons. The second-order valence-electron chi connectivity index (χ2n) is 6.25. The van der Waals surface area contributed by atoms with Crippen LogP contribution in [0.4, 0.5) is 0 Å². The van der Waals surface area contributed by atoms with Crippen molar-refractivity contribution in [1.82, 2.24) is 14.8 Å². The lowest BCUT2D eigenvalue weighted by Gasteiger charge is -2.25. The molecular weight excluding hydrogens is 298 g/mol. The molecule has 2 aliphatic rings. The van der Waals surface area contributed by atoms with Crippen LogP contribution in [-0.2, 0) is 9.47 Å². The van der Waals surface area contributed by atoms with Gasteiger partial charge in [-0.2, -0.15) is 0 Å². The van der Waals surface area contributed by atoms with Crippen LogP contribution in [0.15, 0.2) is 5.16 Å². The zero-order valence-corrected chi connectivity index (χ0v) is 14.3. The number of aromatic nitrogens is 3. The van der Waals surface area contributed by atoms with Gasteiger partial charge in [0.15, 0.2) is 5.16 Å². The van der Waals surface area contributed by atoms with Gasteiger partial charge in [-0.3, -0.25) is 0 Å². The third kappa shape index (κ3) is 4.24. The third-order valence-electron chi connectivity index (χ3n) is 4.56. The first-order chi connectivity index (χ1) is 10.8. The molecule has 1 aliphatic carbocycles. The Morgan fingerprint density at radius 2 is 2.05 bits per heavy atom. The molecule has 0 unspecified atom stereocenters. The summed E-state index contributed by atoms with van der Waals surface area (Å²) in [5.74, 6) is 1.98. The number of hydrogen-bond donors (Lipinski definition) is 0. The molecule has 0 bridgehead atoms. The Labute approximate surface area is 137 Å². The number of ether oxygens (including phenoxy) is 2. The van der Waals surface area contributed by atoms with Gasteiger partial charge in [-0.05, 0) is 32.6 Å². The van der Waals surface area contributed by atoms with Crippen molar-refractivity contribution in [1.29, 1.82) is 0 Å². The normalized spacial score (nSPS) is 23.2. The van der Waals surface area contributed by atoms with E-state index in [4.69, 9.17) is 9.47 Å². The molecule has 1 atom stereocenters. The van der Waals surface area contributed by atoms with Gasteiger partial charge in [0.1, 0.15) is 5.82 Å². The molecule has 6 heteroatoms. The first-order valence-electron chi connectivity index (χ1n) is 8.58. The molecule has 1 aliphatic heterocycles. The van der Waals surface area contributed by atoms with Gasteiger partial charge in [0.2, 0.25) is 0 Å². The summed E-state index contributed by atoms with van der Waals surface area (Å²) >= 11 is 1.77. The van der Waals surface area contributed by atoms with Crippen LogP contribution in [0.2, 0.25) is 0 Å². The van der Waals surface area contributed by atoms with Gasteiger partial charge >= 0.3 is 0 Å². The minimum Gasteiger partial charge on any atom is -0.378 e. The highest BCUT2D eigenvalue weighted by Gasteiger charge is 2.21. The average molecular weight is 325 g/mol. The topological polar surface area (TPSA) is 49.2 Å². The fourth-order valence-electron chi connectivity index (χ4n) is 3.39. The largest absolute Gasteiger partial charge is 0.378 e. The van der Waals surface area contributed by atoms with Crippen molar-refractivity contribution in [2.75, 3.05) is 25.6 Å². The van der Waals surface area contributed by atoms with Gasteiger partial charge in [0.25, 0.3) is 0 Å². The molecule has 2 fully saturated rings. The van der Waals surface area contributed by atoms with Crippen molar-refractivity contribution in [3.8, 4) is 0 Å². The van der Waals surface area contributed by atoms with E-state index in [9.17, 15) is 0 Å². The van der Waals surface area contributed by atoms with E-state index in [-0.39, 0.29) is 0 Å². The number of hydrogen-bond acceptors (Lipinski definition) is 5. The van der Waals surface area contributed by atoms with Crippen LogP contribution in [0.25, 0.3) is 0 Å². The number of nitrogens with zero attached hydrogens (tertiary/aromatic N) is 3. The Kier molecular flexibility index (Phi) is 6.15.